The van der Waals surface area contributed by atoms with Crippen molar-refractivity contribution in [2.45, 2.75) is 6.42 Å². The van der Waals surface area contributed by atoms with Crippen molar-refractivity contribution in [2.24, 2.45) is 5.92 Å². The predicted octanol–water partition coefficient (Wildman–Crippen LogP) is 2.40. The molecule has 0 spiro atoms. The third-order valence-corrected chi connectivity index (χ3v) is 7.36. The Labute approximate surface area is 152 Å². The molecular formula is C14H12Cl2N2O4S2. The molecule has 1 aromatic carbocycles. The lowest BCUT2D eigenvalue weighted by Crippen LogP contribution is -2.44. The smallest absolute Gasteiger partial charge is 0.273 e. The first kappa shape index (κ1) is 17.5. The van der Waals surface area contributed by atoms with Gasteiger partial charge in [-0.2, -0.15) is 0 Å². The van der Waals surface area contributed by atoms with Crippen LogP contribution in [0, 0.1) is 5.92 Å². The molecule has 2 N–H and O–H groups in total. The summed E-state index contributed by atoms with van der Waals surface area (Å²) in [6.45, 7) is 0. The molecule has 1 aliphatic rings. The van der Waals surface area contributed by atoms with Crippen LogP contribution in [0.15, 0.2) is 18.2 Å². The number of hydrogen-bond donors (Lipinski definition) is 2. The van der Waals surface area contributed by atoms with Crippen LogP contribution in [0.25, 0.3) is 10.1 Å². The van der Waals surface area contributed by atoms with Gasteiger partial charge in [0.2, 0.25) is 5.91 Å². The van der Waals surface area contributed by atoms with Crippen molar-refractivity contribution in [3.63, 3.8) is 0 Å². The number of halogens is 2. The fraction of sp³-hybridized carbons (Fsp3) is 0.286. The molecule has 1 atom stereocenters. The van der Waals surface area contributed by atoms with Crippen LogP contribution in [-0.4, -0.2) is 31.7 Å². The molecule has 2 heterocycles. The van der Waals surface area contributed by atoms with Gasteiger partial charge in [-0.25, -0.2) is 8.42 Å². The van der Waals surface area contributed by atoms with Gasteiger partial charge in [-0.05, 0) is 18.6 Å². The Balaban J connectivity index is 1.69. The molecule has 2 aromatic rings. The number of nitrogens with one attached hydrogen (secondary N) is 2. The molecule has 1 saturated heterocycles. The Kier molecular flexibility index (Phi) is 4.74. The van der Waals surface area contributed by atoms with E-state index < -0.39 is 27.6 Å². The number of thiophene rings is 1. The fourth-order valence-corrected chi connectivity index (χ4v) is 5.89. The highest BCUT2D eigenvalue weighted by atomic mass is 35.5. The van der Waals surface area contributed by atoms with E-state index >= 15 is 0 Å². The van der Waals surface area contributed by atoms with Crippen LogP contribution in [0.3, 0.4) is 0 Å². The minimum atomic E-state index is -3.16. The zero-order valence-electron chi connectivity index (χ0n) is 12.1. The van der Waals surface area contributed by atoms with Gasteiger partial charge in [-0.1, -0.05) is 29.3 Å². The van der Waals surface area contributed by atoms with E-state index in [1.54, 1.807) is 18.2 Å². The zero-order valence-corrected chi connectivity index (χ0v) is 15.3. The Morgan fingerprint density at radius 2 is 1.96 bits per heavy atom. The van der Waals surface area contributed by atoms with E-state index in [0.29, 0.717) is 10.4 Å². The quantitative estimate of drug-likeness (QED) is 0.748. The first-order chi connectivity index (χ1) is 11.3. The summed E-state index contributed by atoms with van der Waals surface area (Å²) in [5, 5.41) is 1.51. The summed E-state index contributed by atoms with van der Waals surface area (Å²) >= 11 is 13.3. The molecule has 0 unspecified atom stereocenters. The molecule has 2 amide bonds. The van der Waals surface area contributed by atoms with Crippen molar-refractivity contribution >= 4 is 66.3 Å². The molecule has 0 bridgehead atoms. The highest BCUT2D eigenvalue weighted by molar-refractivity contribution is 7.91. The number of benzene rings is 1. The SMILES string of the molecule is O=C(NNC(=O)[C@H]1CCS(=O)(=O)C1)c1sc2cc(Cl)ccc2c1Cl. The molecule has 0 saturated carbocycles. The van der Waals surface area contributed by atoms with Gasteiger partial charge < -0.3 is 0 Å². The van der Waals surface area contributed by atoms with Gasteiger partial charge in [0.1, 0.15) is 4.88 Å². The lowest BCUT2D eigenvalue weighted by molar-refractivity contribution is -0.125. The first-order valence-electron chi connectivity index (χ1n) is 6.95. The van der Waals surface area contributed by atoms with Crippen molar-refractivity contribution in [2.75, 3.05) is 11.5 Å². The number of hydrogen-bond acceptors (Lipinski definition) is 5. The van der Waals surface area contributed by atoms with Gasteiger partial charge in [0, 0.05) is 15.1 Å². The number of fused-ring (bicyclic) bond motifs is 1. The lowest BCUT2D eigenvalue weighted by Gasteiger charge is -2.10. The van der Waals surface area contributed by atoms with E-state index in [4.69, 9.17) is 23.2 Å². The fourth-order valence-electron chi connectivity index (χ4n) is 2.46. The van der Waals surface area contributed by atoms with Crippen molar-refractivity contribution < 1.29 is 18.0 Å². The second-order valence-corrected chi connectivity index (χ2v) is 9.52. The summed E-state index contributed by atoms with van der Waals surface area (Å²) < 4.78 is 23.5. The van der Waals surface area contributed by atoms with Crippen molar-refractivity contribution in [1.29, 1.82) is 0 Å². The van der Waals surface area contributed by atoms with Gasteiger partial charge in [0.05, 0.1) is 22.4 Å². The Morgan fingerprint density at radius 1 is 1.21 bits per heavy atom. The van der Waals surface area contributed by atoms with E-state index in [2.05, 4.69) is 10.9 Å². The molecule has 0 aliphatic carbocycles. The first-order valence-corrected chi connectivity index (χ1v) is 10.3. The van der Waals surface area contributed by atoms with Gasteiger partial charge in [0.15, 0.2) is 9.84 Å². The summed E-state index contributed by atoms with van der Waals surface area (Å²) in [6.07, 6.45) is 0.256. The number of sulfone groups is 1. The van der Waals surface area contributed by atoms with E-state index in [1.165, 1.54) is 0 Å². The minimum Gasteiger partial charge on any atom is -0.273 e. The van der Waals surface area contributed by atoms with Crippen molar-refractivity contribution in [3.05, 3.63) is 33.1 Å². The van der Waals surface area contributed by atoms with Crippen LogP contribution >= 0.6 is 34.5 Å². The molecule has 0 radical (unpaired) electrons. The van der Waals surface area contributed by atoms with Crippen LogP contribution in [0.1, 0.15) is 16.1 Å². The van der Waals surface area contributed by atoms with Gasteiger partial charge in [-0.15, -0.1) is 11.3 Å². The highest BCUT2D eigenvalue weighted by Crippen LogP contribution is 2.36. The van der Waals surface area contributed by atoms with Gasteiger partial charge >= 0.3 is 0 Å². The number of carbonyl (C=O) groups excluding carboxylic acids is 2. The lowest BCUT2D eigenvalue weighted by atomic mass is 10.1. The standard InChI is InChI=1S/C14H12Cl2N2O4S2/c15-8-1-2-9-10(5-8)23-12(11(9)16)14(20)18-17-13(19)7-3-4-24(21,22)6-7/h1-2,5,7H,3-4,6H2,(H,17,19)(H,18,20)/t7-/m0/s1. The normalized spacial score (nSPS) is 19.3. The van der Waals surface area contributed by atoms with Crippen molar-refractivity contribution in [3.8, 4) is 0 Å². The van der Waals surface area contributed by atoms with Crippen LogP contribution in [0.5, 0.6) is 0 Å². The summed E-state index contributed by atoms with van der Waals surface area (Å²) in [7, 11) is -3.16. The predicted molar refractivity (Wildman–Crippen MR) is 94.2 cm³/mol. The number of hydrazine groups is 1. The zero-order chi connectivity index (χ0) is 17.5. The summed E-state index contributed by atoms with van der Waals surface area (Å²) in [6, 6.07) is 5.09. The second kappa shape index (κ2) is 6.51. The Bertz CT molecular complexity index is 940. The van der Waals surface area contributed by atoms with Crippen molar-refractivity contribution in [1.82, 2.24) is 10.9 Å². The highest BCUT2D eigenvalue weighted by Gasteiger charge is 2.33. The van der Waals surface area contributed by atoms with E-state index in [0.717, 1.165) is 16.0 Å². The third-order valence-electron chi connectivity index (χ3n) is 3.70. The largest absolute Gasteiger partial charge is 0.281 e. The van der Waals surface area contributed by atoms with Gasteiger partial charge in [0.25, 0.3) is 5.91 Å². The average Bonchev–Trinajstić information content (AvgIpc) is 3.04. The minimum absolute atomic E-state index is 0.0120. The summed E-state index contributed by atoms with van der Waals surface area (Å²) in [5.74, 6) is -1.94. The Hall–Kier alpha value is -1.35. The van der Waals surface area contributed by atoms with Crippen LogP contribution < -0.4 is 10.9 Å². The third kappa shape index (κ3) is 3.51. The van der Waals surface area contributed by atoms with Crippen LogP contribution in [0.2, 0.25) is 10.0 Å². The maximum absolute atomic E-state index is 12.2. The number of rotatable bonds is 2. The number of amides is 2. The molecule has 3 rings (SSSR count). The van der Waals surface area contributed by atoms with E-state index in [1.807, 2.05) is 0 Å². The van der Waals surface area contributed by atoms with Gasteiger partial charge in [-0.3, -0.25) is 20.4 Å². The molecular weight excluding hydrogens is 395 g/mol. The summed E-state index contributed by atoms with van der Waals surface area (Å²) in [5.41, 5.74) is 4.54. The molecule has 10 heteroatoms. The maximum atomic E-state index is 12.2. The maximum Gasteiger partial charge on any atom is 0.281 e. The molecule has 24 heavy (non-hydrogen) atoms. The average molecular weight is 407 g/mol. The molecule has 1 aromatic heterocycles. The Morgan fingerprint density at radius 3 is 2.62 bits per heavy atom. The summed E-state index contributed by atoms with van der Waals surface area (Å²) in [4.78, 5) is 24.4. The molecule has 1 aliphatic heterocycles. The van der Waals surface area contributed by atoms with E-state index in [-0.39, 0.29) is 27.8 Å². The molecule has 6 nitrogen and oxygen atoms in total. The topological polar surface area (TPSA) is 92.3 Å². The monoisotopic (exact) mass is 406 g/mol. The van der Waals surface area contributed by atoms with Crippen LogP contribution in [0.4, 0.5) is 0 Å². The molecule has 128 valence electrons. The second-order valence-electron chi connectivity index (χ2n) is 5.43. The van der Waals surface area contributed by atoms with Crippen LogP contribution in [-0.2, 0) is 14.6 Å². The van der Waals surface area contributed by atoms with E-state index in [9.17, 15) is 18.0 Å². The number of carbonyl (C=O) groups is 2. The molecule has 1 fully saturated rings.